The Labute approximate surface area is 674 Å². The van der Waals surface area contributed by atoms with Crippen molar-refractivity contribution in [1.29, 1.82) is 0 Å². The molecule has 16 nitrogen and oxygen atoms in total. The van der Waals surface area contributed by atoms with Crippen molar-refractivity contribution in [2.75, 3.05) is 39.6 Å². The highest BCUT2D eigenvalue weighted by Gasteiger charge is 2.29. The number of ether oxygens (including phenoxy) is 3. The third-order valence-electron chi connectivity index (χ3n) is 17.3. The molecule has 5 unspecified atom stereocenters. The van der Waals surface area contributed by atoms with Gasteiger partial charge in [-0.2, -0.15) is 0 Å². The van der Waals surface area contributed by atoms with Crippen LogP contribution in [0.1, 0.15) is 316 Å². The van der Waals surface area contributed by atoms with Crippen molar-refractivity contribution in [3.63, 3.8) is 0 Å². The number of rotatable bonds is 79. The molecule has 0 heterocycles. The van der Waals surface area contributed by atoms with Crippen molar-refractivity contribution in [3.8, 4) is 0 Å². The van der Waals surface area contributed by atoms with Crippen LogP contribution in [0.4, 0.5) is 0 Å². The van der Waals surface area contributed by atoms with Gasteiger partial charge in [0, 0.05) is 19.3 Å². The lowest BCUT2D eigenvalue weighted by molar-refractivity contribution is -0.161. The summed E-state index contributed by atoms with van der Waals surface area (Å²) in [6.45, 7) is 2.25. The molecule has 0 spiro atoms. The number of phosphoric acid groups is 2. The molecule has 0 aromatic rings. The topological polar surface area (TPSA) is 231 Å². The molecule has 0 aliphatic carbocycles. The summed E-state index contributed by atoms with van der Waals surface area (Å²) in [5.41, 5.74) is 0. The number of unbranched alkanes of at least 4 members (excludes halogenated alkanes) is 24. The molecule has 0 rings (SSSR count). The fraction of sp³-hybridized carbons (Fsp3) is 0.624. The molecule has 0 amide bonds. The number of hydrogen-bond donors (Lipinski definition) is 4. The first-order valence-corrected chi connectivity index (χ1v) is 45.7. The molecule has 0 aromatic carbocycles. The Morgan fingerprint density at radius 2 is 0.459 bits per heavy atom. The summed E-state index contributed by atoms with van der Waals surface area (Å²) in [6.07, 6.45) is 111. The summed E-state index contributed by atoms with van der Waals surface area (Å²) < 4.78 is 61.2. The Balaban J connectivity index is 4.56. The number of aliphatic hydroxyl groups excluding tert-OH is 2. The molecule has 0 fully saturated rings. The van der Waals surface area contributed by atoms with E-state index in [1.165, 1.54) is 89.9 Å². The Hall–Kier alpha value is -5.61. The van der Waals surface area contributed by atoms with Gasteiger partial charge in [0.25, 0.3) is 0 Å². The largest absolute Gasteiger partial charge is 0.472 e. The SMILES string of the molecule is CC/C=C\C/C=C\C/C=C\C/C=C\C/C=C\C/C=C\CCCCCCCCC(=O)OCC(COP(=O)(O)OCC(O)COP(=O)(O)OCC(O)COC(=O)CCCCCCCCCCCCCCCCCCC/C=C\C/C=C\C/C=C\C/C=C\C/C=C\CC)OC(=O)CCC/C=C\C/C=C\C/C=C\C/C=C\C/C=C\CC. The maximum absolute atomic E-state index is 13.0. The molecule has 0 saturated heterocycles. The number of hydrogen-bond acceptors (Lipinski definition) is 14. The zero-order valence-electron chi connectivity index (χ0n) is 69.1. The van der Waals surface area contributed by atoms with Gasteiger partial charge in [0.05, 0.1) is 26.4 Å². The summed E-state index contributed by atoms with van der Waals surface area (Å²) in [5, 5.41) is 20.7. The van der Waals surface area contributed by atoms with E-state index in [-0.39, 0.29) is 19.3 Å². The van der Waals surface area contributed by atoms with Crippen LogP contribution in [0.15, 0.2) is 194 Å². The summed E-state index contributed by atoms with van der Waals surface area (Å²) in [5.74, 6) is -1.67. The maximum Gasteiger partial charge on any atom is 0.472 e. The summed E-state index contributed by atoms with van der Waals surface area (Å²) in [7, 11) is -9.83. The Morgan fingerprint density at radius 3 is 0.739 bits per heavy atom. The van der Waals surface area contributed by atoms with Crippen LogP contribution in [0.2, 0.25) is 0 Å². The second kappa shape index (κ2) is 83.8. The minimum absolute atomic E-state index is 0.0157. The molecular formula is C93H152O16P2. The van der Waals surface area contributed by atoms with Crippen LogP contribution in [0.5, 0.6) is 0 Å². The van der Waals surface area contributed by atoms with E-state index >= 15 is 0 Å². The van der Waals surface area contributed by atoms with E-state index in [0.29, 0.717) is 25.7 Å². The molecule has 0 aromatic heterocycles. The first kappa shape index (κ1) is 105. The first-order chi connectivity index (χ1) is 54.2. The van der Waals surface area contributed by atoms with Crippen LogP contribution < -0.4 is 0 Å². The van der Waals surface area contributed by atoms with E-state index in [1.54, 1.807) is 0 Å². The molecule has 0 saturated carbocycles. The normalized spacial score (nSPS) is 14.8. The highest BCUT2D eigenvalue weighted by molar-refractivity contribution is 7.47. The van der Waals surface area contributed by atoms with Crippen molar-refractivity contribution in [2.24, 2.45) is 0 Å². The lowest BCUT2D eigenvalue weighted by Crippen LogP contribution is -2.30. The molecule has 4 N–H and O–H groups in total. The van der Waals surface area contributed by atoms with Crippen LogP contribution in [-0.2, 0) is 55.8 Å². The van der Waals surface area contributed by atoms with Crippen molar-refractivity contribution < 1.29 is 75.8 Å². The van der Waals surface area contributed by atoms with Crippen molar-refractivity contribution >= 4 is 33.6 Å². The van der Waals surface area contributed by atoms with Gasteiger partial charge in [0.1, 0.15) is 25.4 Å². The standard InChI is InChI=1S/C93H152O16P2/c1-4-7-10-13-16-19-22-25-28-31-33-35-37-39-40-41-42-43-44-45-46-48-50-51-53-56-58-61-64-67-70-73-76-79-91(96)103-82-88(94)83-105-110(99,100)106-84-89(95)85-107-111(101,102)108-87-90(109-93(98)81-78-75-72-69-66-63-60-55-30-27-24-21-18-15-12-9-6-3)86-104-92(97)80-77-74-71-68-65-62-59-57-54-52-49-47-38-36-34-32-29-26-23-20-17-14-11-8-5-2/h7-12,16-21,25-30,33-36,39-40,47,49,54,57,60,63,69,72,88-90,94-95H,4-6,13-15,22-24,31-32,37-38,41-46,48,50-53,55-56,58-59,61-62,64-68,70-71,73-87H2,1-3H3,(H,99,100)(H,101,102)/b10-7-,11-8-,12-9-,19-16-,20-17-,21-18-,28-25-,29-26-,30-27-,35-33-,36-34-,40-39-,49-47-,57-54-,63-60-,72-69-. The monoisotopic (exact) mass is 1590 g/mol. The van der Waals surface area contributed by atoms with E-state index in [1.807, 2.05) is 12.2 Å². The second-order valence-corrected chi connectivity index (χ2v) is 30.7. The van der Waals surface area contributed by atoms with Gasteiger partial charge >= 0.3 is 33.6 Å². The fourth-order valence-corrected chi connectivity index (χ4v) is 12.5. The fourth-order valence-electron chi connectivity index (χ4n) is 10.9. The molecule has 630 valence electrons. The molecule has 0 aliphatic rings. The average Bonchev–Trinajstić information content (AvgIpc) is 0.903. The minimum Gasteiger partial charge on any atom is -0.463 e. The lowest BCUT2D eigenvalue weighted by Gasteiger charge is -2.21. The zero-order valence-corrected chi connectivity index (χ0v) is 70.8. The van der Waals surface area contributed by atoms with E-state index < -0.39 is 91.5 Å². The highest BCUT2D eigenvalue weighted by atomic mass is 31.2. The van der Waals surface area contributed by atoms with Gasteiger partial charge in [-0.1, -0.05) is 337 Å². The highest BCUT2D eigenvalue weighted by Crippen LogP contribution is 2.45. The summed E-state index contributed by atoms with van der Waals surface area (Å²) >= 11 is 0. The Bertz CT molecular complexity index is 2800. The molecule has 0 aliphatic heterocycles. The van der Waals surface area contributed by atoms with Crippen molar-refractivity contribution in [1.82, 2.24) is 0 Å². The maximum atomic E-state index is 13.0. The first-order valence-electron chi connectivity index (χ1n) is 42.7. The van der Waals surface area contributed by atoms with Gasteiger partial charge in [0.15, 0.2) is 6.10 Å². The Morgan fingerprint density at radius 1 is 0.252 bits per heavy atom. The lowest BCUT2D eigenvalue weighted by atomic mass is 10.0. The number of carbonyl (C=O) groups is 3. The number of esters is 3. The average molecular weight is 1590 g/mol. The van der Waals surface area contributed by atoms with Gasteiger partial charge in [-0.3, -0.25) is 32.5 Å². The Kier molecular flexibility index (Phi) is 79.6. The van der Waals surface area contributed by atoms with Gasteiger partial charge in [-0.25, -0.2) is 9.13 Å². The molecular weight excluding hydrogens is 1430 g/mol. The van der Waals surface area contributed by atoms with Gasteiger partial charge in [0.2, 0.25) is 0 Å². The van der Waals surface area contributed by atoms with Crippen LogP contribution >= 0.6 is 15.6 Å². The minimum atomic E-state index is -4.96. The third kappa shape index (κ3) is 85.1. The number of carbonyl (C=O) groups excluding carboxylic acids is 3. The molecule has 111 heavy (non-hydrogen) atoms. The summed E-state index contributed by atoms with van der Waals surface area (Å²) in [4.78, 5) is 58.8. The van der Waals surface area contributed by atoms with E-state index in [0.717, 1.165) is 161 Å². The third-order valence-corrected chi connectivity index (χ3v) is 19.2. The van der Waals surface area contributed by atoms with Gasteiger partial charge in [-0.15, -0.1) is 0 Å². The number of aliphatic hydroxyl groups is 2. The predicted octanol–water partition coefficient (Wildman–Crippen LogP) is 25.9. The van der Waals surface area contributed by atoms with Crippen LogP contribution in [-0.4, -0.2) is 95.9 Å². The van der Waals surface area contributed by atoms with Crippen LogP contribution in [0.25, 0.3) is 0 Å². The van der Waals surface area contributed by atoms with Crippen molar-refractivity contribution in [3.05, 3.63) is 194 Å². The zero-order chi connectivity index (χ0) is 80.8. The van der Waals surface area contributed by atoms with Gasteiger partial charge in [-0.05, 0) is 154 Å². The molecule has 0 radical (unpaired) electrons. The van der Waals surface area contributed by atoms with E-state index in [4.69, 9.17) is 32.3 Å². The van der Waals surface area contributed by atoms with E-state index in [2.05, 4.69) is 203 Å². The number of phosphoric ester groups is 2. The second-order valence-electron chi connectivity index (χ2n) is 27.8. The van der Waals surface area contributed by atoms with Gasteiger partial charge < -0.3 is 34.2 Å². The number of allylic oxidation sites excluding steroid dienone is 32. The van der Waals surface area contributed by atoms with E-state index in [9.17, 15) is 43.5 Å². The predicted molar refractivity (Wildman–Crippen MR) is 463 cm³/mol. The van der Waals surface area contributed by atoms with Crippen LogP contribution in [0.3, 0.4) is 0 Å². The summed E-state index contributed by atoms with van der Waals surface area (Å²) in [6, 6.07) is 0. The molecule has 0 bridgehead atoms. The quantitative estimate of drug-likeness (QED) is 0.0146. The van der Waals surface area contributed by atoms with Crippen molar-refractivity contribution in [2.45, 2.75) is 334 Å². The van der Waals surface area contributed by atoms with Crippen LogP contribution in [0, 0.1) is 0 Å². The molecule has 5 atom stereocenters. The molecule has 18 heteroatoms. The smallest absolute Gasteiger partial charge is 0.463 e.